The van der Waals surface area contributed by atoms with Crippen molar-refractivity contribution in [3.05, 3.63) is 35.1 Å². The number of halogens is 1. The summed E-state index contributed by atoms with van der Waals surface area (Å²) in [6, 6.07) is 5.28. The van der Waals surface area contributed by atoms with Gasteiger partial charge in [-0.2, -0.15) is 0 Å². The fourth-order valence-corrected chi connectivity index (χ4v) is 1.89. The molecule has 1 atom stereocenters. The van der Waals surface area contributed by atoms with E-state index in [1.54, 1.807) is 19.1 Å². The zero-order valence-corrected chi connectivity index (χ0v) is 12.2. The van der Waals surface area contributed by atoms with E-state index in [4.69, 9.17) is 0 Å². The molecule has 0 aliphatic heterocycles. The number of aliphatic hydroxyl groups excluding tert-OH is 1. The zero-order valence-electron chi connectivity index (χ0n) is 12.2. The van der Waals surface area contributed by atoms with Gasteiger partial charge in [0, 0.05) is 6.54 Å². The second kappa shape index (κ2) is 8.28. The summed E-state index contributed by atoms with van der Waals surface area (Å²) < 4.78 is 13.4. The Morgan fingerprint density at radius 3 is 2.63 bits per heavy atom. The van der Waals surface area contributed by atoms with Gasteiger partial charge in [-0.1, -0.05) is 26.0 Å². The van der Waals surface area contributed by atoms with E-state index in [0.717, 1.165) is 18.5 Å². The van der Waals surface area contributed by atoms with Crippen molar-refractivity contribution in [1.82, 2.24) is 5.32 Å². The Hall–Kier alpha value is -0.930. The van der Waals surface area contributed by atoms with E-state index in [-0.39, 0.29) is 11.9 Å². The van der Waals surface area contributed by atoms with Gasteiger partial charge in [-0.15, -0.1) is 0 Å². The van der Waals surface area contributed by atoms with E-state index in [1.165, 1.54) is 0 Å². The summed E-state index contributed by atoms with van der Waals surface area (Å²) in [5.74, 6) is 0.516. The van der Waals surface area contributed by atoms with E-state index in [2.05, 4.69) is 19.2 Å². The van der Waals surface area contributed by atoms with Crippen LogP contribution in [0.4, 0.5) is 4.39 Å². The van der Waals surface area contributed by atoms with Crippen molar-refractivity contribution >= 4 is 0 Å². The predicted octanol–water partition coefficient (Wildman–Crippen LogP) is 3.06. The highest BCUT2D eigenvalue weighted by Gasteiger charge is 2.06. The highest BCUT2D eigenvalue weighted by molar-refractivity contribution is 5.23. The van der Waals surface area contributed by atoms with Gasteiger partial charge in [-0.05, 0) is 55.8 Å². The van der Waals surface area contributed by atoms with Crippen LogP contribution >= 0.6 is 0 Å². The molecule has 108 valence electrons. The van der Waals surface area contributed by atoms with Gasteiger partial charge >= 0.3 is 0 Å². The Labute approximate surface area is 116 Å². The summed E-state index contributed by atoms with van der Waals surface area (Å²) >= 11 is 0. The molecule has 0 aliphatic rings. The minimum atomic E-state index is -0.364. The van der Waals surface area contributed by atoms with Gasteiger partial charge in [0.25, 0.3) is 0 Å². The summed E-state index contributed by atoms with van der Waals surface area (Å²) in [4.78, 5) is 0. The van der Waals surface area contributed by atoms with Crippen molar-refractivity contribution in [3.8, 4) is 0 Å². The van der Waals surface area contributed by atoms with Crippen LogP contribution in [0.25, 0.3) is 0 Å². The van der Waals surface area contributed by atoms with Gasteiger partial charge in [0.2, 0.25) is 0 Å². The van der Waals surface area contributed by atoms with Crippen LogP contribution in [0.3, 0.4) is 0 Å². The van der Waals surface area contributed by atoms with Crippen LogP contribution in [-0.2, 0) is 6.42 Å². The average molecular weight is 267 g/mol. The Balaban J connectivity index is 2.22. The molecule has 0 saturated carbocycles. The van der Waals surface area contributed by atoms with E-state index in [9.17, 15) is 9.50 Å². The first-order chi connectivity index (χ1) is 8.99. The summed E-state index contributed by atoms with van der Waals surface area (Å²) in [6.45, 7) is 7.68. The molecular weight excluding hydrogens is 241 g/mol. The molecule has 0 heterocycles. The average Bonchev–Trinajstić information content (AvgIpc) is 2.36. The third kappa shape index (κ3) is 6.69. The van der Waals surface area contributed by atoms with Gasteiger partial charge in [0.05, 0.1) is 6.10 Å². The van der Waals surface area contributed by atoms with Crippen molar-refractivity contribution in [2.45, 2.75) is 46.1 Å². The molecule has 1 aromatic carbocycles. The van der Waals surface area contributed by atoms with Crippen molar-refractivity contribution in [2.75, 3.05) is 13.1 Å². The molecule has 0 spiro atoms. The molecule has 0 aromatic heterocycles. The smallest absolute Gasteiger partial charge is 0.126 e. The lowest BCUT2D eigenvalue weighted by atomic mass is 10.0. The van der Waals surface area contributed by atoms with Crippen LogP contribution in [0, 0.1) is 18.7 Å². The van der Waals surface area contributed by atoms with Crippen molar-refractivity contribution in [3.63, 3.8) is 0 Å². The highest BCUT2D eigenvalue weighted by atomic mass is 19.1. The maximum absolute atomic E-state index is 13.4. The Morgan fingerprint density at radius 1 is 1.26 bits per heavy atom. The van der Waals surface area contributed by atoms with Crippen LogP contribution in [-0.4, -0.2) is 24.3 Å². The molecule has 1 unspecified atom stereocenters. The molecule has 2 nitrogen and oxygen atoms in total. The van der Waals surface area contributed by atoms with Gasteiger partial charge in [0.15, 0.2) is 0 Å². The van der Waals surface area contributed by atoms with Crippen molar-refractivity contribution in [2.24, 2.45) is 5.92 Å². The number of rotatable bonds is 8. The van der Waals surface area contributed by atoms with E-state index in [0.29, 0.717) is 30.9 Å². The van der Waals surface area contributed by atoms with Crippen LogP contribution in [0.15, 0.2) is 18.2 Å². The van der Waals surface area contributed by atoms with Crippen molar-refractivity contribution in [1.29, 1.82) is 0 Å². The molecule has 0 aliphatic carbocycles. The standard InChI is InChI=1S/C16H26FNO/c1-12(2)8-9-18-11-15(19)7-6-14-5-4-13(3)16(17)10-14/h4-5,10,12,15,18-19H,6-9,11H2,1-3H3. The third-order valence-electron chi connectivity index (χ3n) is 3.28. The maximum atomic E-state index is 13.4. The Morgan fingerprint density at radius 2 is 2.00 bits per heavy atom. The van der Waals surface area contributed by atoms with Crippen LogP contribution in [0.2, 0.25) is 0 Å². The summed E-state index contributed by atoms with van der Waals surface area (Å²) in [5, 5.41) is 13.1. The van der Waals surface area contributed by atoms with E-state index >= 15 is 0 Å². The third-order valence-corrected chi connectivity index (χ3v) is 3.28. The second-order valence-corrected chi connectivity index (χ2v) is 5.66. The fraction of sp³-hybridized carbons (Fsp3) is 0.625. The number of benzene rings is 1. The molecule has 1 aromatic rings. The molecule has 0 bridgehead atoms. The largest absolute Gasteiger partial charge is 0.392 e. The van der Waals surface area contributed by atoms with Crippen LogP contribution in [0.1, 0.15) is 37.8 Å². The lowest BCUT2D eigenvalue weighted by Gasteiger charge is -2.13. The number of hydrogen-bond acceptors (Lipinski definition) is 2. The first-order valence-corrected chi connectivity index (χ1v) is 7.13. The fourth-order valence-electron chi connectivity index (χ4n) is 1.89. The Bertz CT molecular complexity index is 379. The molecule has 19 heavy (non-hydrogen) atoms. The minimum Gasteiger partial charge on any atom is -0.392 e. The van der Waals surface area contributed by atoms with Gasteiger partial charge in [-0.3, -0.25) is 0 Å². The highest BCUT2D eigenvalue weighted by Crippen LogP contribution is 2.11. The predicted molar refractivity (Wildman–Crippen MR) is 77.8 cm³/mol. The molecule has 2 N–H and O–H groups in total. The van der Waals surface area contributed by atoms with Gasteiger partial charge < -0.3 is 10.4 Å². The van der Waals surface area contributed by atoms with Gasteiger partial charge in [0.1, 0.15) is 5.82 Å². The van der Waals surface area contributed by atoms with E-state index in [1.807, 2.05) is 6.07 Å². The SMILES string of the molecule is Cc1ccc(CCC(O)CNCCC(C)C)cc1F. The van der Waals surface area contributed by atoms with Crippen LogP contribution < -0.4 is 5.32 Å². The Kier molecular flexibility index (Phi) is 7.03. The monoisotopic (exact) mass is 267 g/mol. The molecule has 1 rings (SSSR count). The van der Waals surface area contributed by atoms with Crippen LogP contribution in [0.5, 0.6) is 0 Å². The summed E-state index contributed by atoms with van der Waals surface area (Å²) in [5.41, 5.74) is 1.61. The second-order valence-electron chi connectivity index (χ2n) is 5.66. The summed E-state index contributed by atoms with van der Waals surface area (Å²) in [6.07, 6.45) is 2.13. The normalized spacial score (nSPS) is 12.9. The number of hydrogen-bond donors (Lipinski definition) is 2. The molecule has 0 fully saturated rings. The number of aryl methyl sites for hydroxylation is 2. The number of nitrogens with one attached hydrogen (secondary N) is 1. The lowest BCUT2D eigenvalue weighted by molar-refractivity contribution is 0.161. The topological polar surface area (TPSA) is 32.3 Å². The van der Waals surface area contributed by atoms with Gasteiger partial charge in [-0.25, -0.2) is 4.39 Å². The zero-order chi connectivity index (χ0) is 14.3. The lowest BCUT2D eigenvalue weighted by Crippen LogP contribution is -2.28. The summed E-state index contributed by atoms with van der Waals surface area (Å²) in [7, 11) is 0. The van der Waals surface area contributed by atoms with Crippen molar-refractivity contribution < 1.29 is 9.50 Å². The minimum absolute atomic E-state index is 0.165. The quantitative estimate of drug-likeness (QED) is 0.710. The molecule has 0 amide bonds. The number of aliphatic hydroxyl groups is 1. The molecule has 3 heteroatoms. The first-order valence-electron chi connectivity index (χ1n) is 7.13. The first kappa shape index (κ1) is 16.1. The maximum Gasteiger partial charge on any atom is 0.126 e. The molecule has 0 saturated heterocycles. The van der Waals surface area contributed by atoms with E-state index < -0.39 is 0 Å². The molecular formula is C16H26FNO. The molecule has 0 radical (unpaired) electrons.